The molecular formula is C12H21N3O2. The van der Waals surface area contributed by atoms with Crippen LogP contribution in [-0.2, 0) is 9.53 Å². The van der Waals surface area contributed by atoms with Gasteiger partial charge < -0.3 is 20.3 Å². The average Bonchev–Trinajstić information content (AvgIpc) is 2.33. The molecule has 0 aliphatic carbocycles. The van der Waals surface area contributed by atoms with Gasteiger partial charge in [-0.1, -0.05) is 5.92 Å². The van der Waals surface area contributed by atoms with Crippen LogP contribution in [0, 0.1) is 12.3 Å². The molecule has 1 fully saturated rings. The van der Waals surface area contributed by atoms with E-state index in [1.165, 1.54) is 0 Å². The van der Waals surface area contributed by atoms with Crippen molar-refractivity contribution in [1.29, 1.82) is 0 Å². The van der Waals surface area contributed by atoms with E-state index in [1.807, 2.05) is 6.92 Å². The number of likely N-dealkylation sites (N-methyl/N-ethyl adjacent to an activating group) is 1. The number of hydrogen-bond donors (Lipinski definition) is 2. The monoisotopic (exact) mass is 239 g/mol. The standard InChI is InChI=1S/C12H21N3O2/c1-4-5-13-12(16)10(2)14-8-11-9-15(3)6-7-17-11/h1,10-11,14H,5-9H2,2-3H3,(H,13,16). The number of morpholine rings is 1. The first-order valence-corrected chi connectivity index (χ1v) is 5.88. The molecule has 0 saturated carbocycles. The summed E-state index contributed by atoms with van der Waals surface area (Å²) in [5.74, 6) is 2.30. The zero-order chi connectivity index (χ0) is 12.7. The van der Waals surface area contributed by atoms with E-state index in [2.05, 4.69) is 28.5 Å². The molecule has 2 unspecified atom stereocenters. The van der Waals surface area contributed by atoms with Crippen LogP contribution in [0.2, 0.25) is 0 Å². The maximum absolute atomic E-state index is 11.5. The van der Waals surface area contributed by atoms with Crippen molar-refractivity contribution < 1.29 is 9.53 Å². The molecule has 0 radical (unpaired) electrons. The van der Waals surface area contributed by atoms with Gasteiger partial charge >= 0.3 is 0 Å². The summed E-state index contributed by atoms with van der Waals surface area (Å²) in [6.07, 6.45) is 5.22. The van der Waals surface area contributed by atoms with Crippen molar-refractivity contribution in [3.63, 3.8) is 0 Å². The van der Waals surface area contributed by atoms with E-state index in [0.717, 1.165) is 19.7 Å². The molecule has 1 aliphatic heterocycles. The van der Waals surface area contributed by atoms with E-state index in [9.17, 15) is 4.79 Å². The summed E-state index contributed by atoms with van der Waals surface area (Å²) in [4.78, 5) is 13.7. The molecule has 0 aromatic carbocycles. The van der Waals surface area contributed by atoms with Gasteiger partial charge in [0.2, 0.25) is 5.91 Å². The van der Waals surface area contributed by atoms with E-state index in [-0.39, 0.29) is 24.6 Å². The van der Waals surface area contributed by atoms with Crippen molar-refractivity contribution in [2.24, 2.45) is 0 Å². The van der Waals surface area contributed by atoms with Crippen molar-refractivity contribution >= 4 is 5.91 Å². The van der Waals surface area contributed by atoms with Gasteiger partial charge in [0.15, 0.2) is 0 Å². The Hall–Kier alpha value is -1.09. The van der Waals surface area contributed by atoms with Gasteiger partial charge in [-0.3, -0.25) is 4.79 Å². The Morgan fingerprint density at radius 1 is 1.71 bits per heavy atom. The minimum Gasteiger partial charge on any atom is -0.374 e. The highest BCUT2D eigenvalue weighted by Gasteiger charge is 2.19. The molecule has 0 spiro atoms. The van der Waals surface area contributed by atoms with E-state index < -0.39 is 0 Å². The fraction of sp³-hybridized carbons (Fsp3) is 0.750. The van der Waals surface area contributed by atoms with Crippen LogP contribution in [0.15, 0.2) is 0 Å². The zero-order valence-corrected chi connectivity index (χ0v) is 10.5. The molecule has 2 N–H and O–H groups in total. The van der Waals surface area contributed by atoms with Gasteiger partial charge in [0.1, 0.15) is 0 Å². The molecule has 5 nitrogen and oxygen atoms in total. The average molecular weight is 239 g/mol. The summed E-state index contributed by atoms with van der Waals surface area (Å²) in [6, 6.07) is -0.251. The minimum absolute atomic E-state index is 0.0767. The normalized spacial score (nSPS) is 22.8. The number of carbonyl (C=O) groups excluding carboxylic acids is 1. The van der Waals surface area contributed by atoms with E-state index >= 15 is 0 Å². The maximum Gasteiger partial charge on any atom is 0.237 e. The minimum atomic E-state index is -0.251. The van der Waals surface area contributed by atoms with Gasteiger partial charge in [0.25, 0.3) is 0 Å². The lowest BCUT2D eigenvalue weighted by Gasteiger charge is -2.30. The summed E-state index contributed by atoms with van der Waals surface area (Å²) in [5.41, 5.74) is 0. The fourth-order valence-corrected chi connectivity index (χ4v) is 1.68. The number of ether oxygens (including phenoxy) is 1. The molecule has 1 aliphatic rings. The van der Waals surface area contributed by atoms with Crippen LogP contribution in [0.1, 0.15) is 6.92 Å². The molecule has 5 heteroatoms. The van der Waals surface area contributed by atoms with Crippen LogP contribution in [-0.4, -0.2) is 62.8 Å². The molecule has 0 bridgehead atoms. The predicted molar refractivity (Wildman–Crippen MR) is 66.5 cm³/mol. The quantitative estimate of drug-likeness (QED) is 0.607. The first-order valence-electron chi connectivity index (χ1n) is 5.88. The van der Waals surface area contributed by atoms with Gasteiger partial charge in [-0.05, 0) is 14.0 Å². The second kappa shape index (κ2) is 7.28. The Bertz CT molecular complexity index is 288. The third kappa shape index (κ3) is 5.18. The third-order valence-electron chi connectivity index (χ3n) is 2.75. The Balaban J connectivity index is 2.20. The highest BCUT2D eigenvalue weighted by Crippen LogP contribution is 2.01. The Morgan fingerprint density at radius 2 is 2.47 bits per heavy atom. The topological polar surface area (TPSA) is 53.6 Å². The number of nitrogens with zero attached hydrogens (tertiary/aromatic N) is 1. The first-order chi connectivity index (χ1) is 8.13. The summed E-state index contributed by atoms with van der Waals surface area (Å²) in [5, 5.41) is 5.79. The summed E-state index contributed by atoms with van der Waals surface area (Å²) >= 11 is 0. The summed E-state index contributed by atoms with van der Waals surface area (Å²) in [6.45, 7) is 5.38. The van der Waals surface area contributed by atoms with Crippen LogP contribution < -0.4 is 10.6 Å². The van der Waals surface area contributed by atoms with Crippen LogP contribution in [0.3, 0.4) is 0 Å². The lowest BCUT2D eigenvalue weighted by molar-refractivity contribution is -0.122. The van der Waals surface area contributed by atoms with Crippen molar-refractivity contribution in [2.75, 3.05) is 39.8 Å². The van der Waals surface area contributed by atoms with Crippen molar-refractivity contribution in [3.05, 3.63) is 0 Å². The van der Waals surface area contributed by atoms with Gasteiger partial charge in [0, 0.05) is 19.6 Å². The van der Waals surface area contributed by atoms with Crippen LogP contribution in [0.5, 0.6) is 0 Å². The molecule has 1 saturated heterocycles. The Kier molecular flexibility index (Phi) is 5.98. The molecular weight excluding hydrogens is 218 g/mol. The number of carbonyl (C=O) groups is 1. The summed E-state index contributed by atoms with van der Waals surface area (Å²) in [7, 11) is 2.07. The molecule has 17 heavy (non-hydrogen) atoms. The highest BCUT2D eigenvalue weighted by atomic mass is 16.5. The molecule has 2 atom stereocenters. The van der Waals surface area contributed by atoms with Crippen LogP contribution >= 0.6 is 0 Å². The summed E-state index contributed by atoms with van der Waals surface area (Å²) < 4.78 is 5.59. The molecule has 1 amide bonds. The SMILES string of the molecule is C#CCNC(=O)C(C)NCC1CN(C)CCO1. The van der Waals surface area contributed by atoms with E-state index in [0.29, 0.717) is 6.54 Å². The maximum atomic E-state index is 11.5. The number of nitrogens with one attached hydrogen (secondary N) is 2. The lowest BCUT2D eigenvalue weighted by Crippen LogP contribution is -2.49. The second-order valence-corrected chi connectivity index (χ2v) is 4.31. The van der Waals surface area contributed by atoms with Gasteiger partial charge in [0.05, 0.1) is 25.3 Å². The largest absolute Gasteiger partial charge is 0.374 e. The van der Waals surface area contributed by atoms with Crippen LogP contribution in [0.25, 0.3) is 0 Å². The second-order valence-electron chi connectivity index (χ2n) is 4.31. The zero-order valence-electron chi connectivity index (χ0n) is 10.5. The molecule has 1 rings (SSSR count). The molecule has 0 aromatic heterocycles. The number of terminal acetylenes is 1. The number of rotatable bonds is 5. The van der Waals surface area contributed by atoms with E-state index in [4.69, 9.17) is 11.2 Å². The predicted octanol–water partition coefficient (Wildman–Crippen LogP) is -0.955. The van der Waals surface area contributed by atoms with Gasteiger partial charge in [-0.2, -0.15) is 0 Å². The Morgan fingerprint density at radius 3 is 3.12 bits per heavy atom. The highest BCUT2D eigenvalue weighted by molar-refractivity contribution is 5.81. The number of amides is 1. The van der Waals surface area contributed by atoms with Crippen molar-refractivity contribution in [1.82, 2.24) is 15.5 Å². The number of hydrogen-bond acceptors (Lipinski definition) is 4. The smallest absolute Gasteiger partial charge is 0.237 e. The van der Waals surface area contributed by atoms with Gasteiger partial charge in [-0.15, -0.1) is 6.42 Å². The van der Waals surface area contributed by atoms with Crippen molar-refractivity contribution in [3.8, 4) is 12.3 Å². The van der Waals surface area contributed by atoms with Crippen LogP contribution in [0.4, 0.5) is 0 Å². The first kappa shape index (κ1) is 14.0. The molecule has 1 heterocycles. The van der Waals surface area contributed by atoms with E-state index in [1.54, 1.807) is 0 Å². The molecule has 96 valence electrons. The lowest BCUT2D eigenvalue weighted by atomic mass is 10.2. The Labute approximate surface area is 103 Å². The third-order valence-corrected chi connectivity index (χ3v) is 2.75. The van der Waals surface area contributed by atoms with Gasteiger partial charge in [-0.25, -0.2) is 0 Å². The fourth-order valence-electron chi connectivity index (χ4n) is 1.68. The molecule has 0 aromatic rings. The van der Waals surface area contributed by atoms with Crippen molar-refractivity contribution in [2.45, 2.75) is 19.1 Å².